The summed E-state index contributed by atoms with van der Waals surface area (Å²) in [6.45, 7) is 0. The number of aromatic hydroxyl groups is 1. The third-order valence-corrected chi connectivity index (χ3v) is 9.63. The molecule has 164 valence electrons. The van der Waals surface area contributed by atoms with Crippen molar-refractivity contribution in [2.75, 3.05) is 0 Å². The van der Waals surface area contributed by atoms with E-state index in [1.165, 1.54) is 18.2 Å². The molecule has 0 aliphatic rings. The zero-order chi connectivity index (χ0) is 21.0. The second kappa shape index (κ2) is 11.0. The molecule has 4 aromatic carbocycles. The predicted octanol–water partition coefficient (Wildman–Crippen LogP) is 2.43. The Morgan fingerprint density at radius 3 is 1.50 bits per heavy atom. The lowest BCUT2D eigenvalue weighted by atomic mass is 10.2. The van der Waals surface area contributed by atoms with Crippen molar-refractivity contribution in [2.45, 2.75) is 13.6 Å². The molecule has 0 amide bonds. The van der Waals surface area contributed by atoms with Crippen molar-refractivity contribution in [3.05, 3.63) is 125 Å². The zero-order valence-corrected chi connectivity index (χ0v) is 19.1. The molecule has 4 aromatic rings. The molecule has 0 fully saturated rings. The summed E-state index contributed by atoms with van der Waals surface area (Å²) in [6.07, 6.45) is 0.485. The van der Waals surface area contributed by atoms with Crippen LogP contribution in [0.15, 0.2) is 109 Å². The minimum atomic E-state index is -2.23. The number of phenols is 1. The largest absolute Gasteiger partial charge is 1.00 e. The second-order valence-corrected chi connectivity index (χ2v) is 10.5. The lowest BCUT2D eigenvalue weighted by molar-refractivity contribution is -0.384. The molecule has 0 radical (unpaired) electrons. The van der Waals surface area contributed by atoms with Crippen LogP contribution in [0.3, 0.4) is 0 Å². The van der Waals surface area contributed by atoms with Crippen molar-refractivity contribution in [2.24, 2.45) is 0 Å². The Bertz CT molecular complexity index is 1060. The van der Waals surface area contributed by atoms with E-state index in [0.717, 1.165) is 15.9 Å². The zero-order valence-electron chi connectivity index (χ0n) is 16.6. The van der Waals surface area contributed by atoms with Crippen LogP contribution in [-0.4, -0.2) is 10.0 Å². The lowest BCUT2D eigenvalue weighted by Crippen LogP contribution is -3.00. The van der Waals surface area contributed by atoms with Gasteiger partial charge in [-0.3, -0.25) is 10.1 Å². The number of phenolic OH excluding ortho intramolecular Hbond substituents is 1. The molecule has 1 N–H and O–H groups in total. The minimum Gasteiger partial charge on any atom is -1.00 e. The maximum Gasteiger partial charge on any atom is 0.270 e. The molecule has 0 atom stereocenters. The van der Waals surface area contributed by atoms with Gasteiger partial charge in [-0.05, 0) is 42.5 Å². The summed E-state index contributed by atoms with van der Waals surface area (Å²) in [5.74, 6) is 0.0766. The number of rotatable bonds is 6. The molecule has 0 unspecified atom stereocenters. The quantitative estimate of drug-likeness (QED) is 0.246. The topological polar surface area (TPSA) is 63.4 Å². The van der Waals surface area contributed by atoms with Gasteiger partial charge in [-0.2, -0.15) is 0 Å². The minimum absolute atomic E-state index is 0. The molecular weight excluding hydrogens is 485 g/mol. The molecule has 0 spiro atoms. The van der Waals surface area contributed by atoms with Gasteiger partial charge in [0.25, 0.3) is 5.69 Å². The Hall–Kier alpha value is -3.01. The van der Waals surface area contributed by atoms with Crippen molar-refractivity contribution in [3.8, 4) is 5.75 Å². The monoisotopic (exact) mass is 509 g/mol. The van der Waals surface area contributed by atoms with Crippen molar-refractivity contribution < 1.29 is 27.0 Å². The van der Waals surface area contributed by atoms with E-state index in [2.05, 4.69) is 36.4 Å². The van der Waals surface area contributed by atoms with Gasteiger partial charge in [0.05, 0.1) is 4.92 Å². The number of hydrogen-bond acceptors (Lipinski definition) is 3. The van der Waals surface area contributed by atoms with E-state index < -0.39 is 12.2 Å². The Kier molecular flexibility index (Phi) is 8.71. The van der Waals surface area contributed by atoms with E-state index in [0.29, 0.717) is 11.7 Å². The van der Waals surface area contributed by atoms with Crippen LogP contribution in [0.5, 0.6) is 5.75 Å². The van der Waals surface area contributed by atoms with Crippen LogP contribution < -0.4 is 32.9 Å². The highest BCUT2D eigenvalue weighted by Gasteiger charge is 2.46. The third-order valence-electron chi connectivity index (χ3n) is 5.27. The van der Waals surface area contributed by atoms with Crippen LogP contribution in [0.2, 0.25) is 0 Å². The number of halogens is 1. The summed E-state index contributed by atoms with van der Waals surface area (Å²) < 4.78 is 0. The number of nitro benzene ring substituents is 1. The first-order chi connectivity index (χ1) is 14.6. The van der Waals surface area contributed by atoms with Gasteiger partial charge in [0.1, 0.15) is 35.1 Å². The molecule has 32 heavy (non-hydrogen) atoms. The van der Waals surface area contributed by atoms with E-state index in [1.54, 1.807) is 0 Å². The molecule has 0 bridgehead atoms. The van der Waals surface area contributed by atoms with Crippen LogP contribution in [0, 0.1) is 10.1 Å². The third kappa shape index (κ3) is 4.90. The standard InChI is InChI=1S/C25H20NO3P.CH4.BrH/c27-25-17-16-21(26(28)29)18-20(25)19-30(22-10-4-1-5-11-22,23-12-6-2-7-13-23)24-14-8-3-9-15-24;;/h1-18H,19H2;1H4;1H. The van der Waals surface area contributed by atoms with Gasteiger partial charge in [-0.25, -0.2) is 0 Å². The molecule has 0 aliphatic carbocycles. The number of non-ortho nitro benzene ring substituents is 1. The molecule has 0 aliphatic heterocycles. The Morgan fingerprint density at radius 2 is 1.12 bits per heavy atom. The highest BCUT2D eigenvalue weighted by Crippen LogP contribution is 2.59. The van der Waals surface area contributed by atoms with Crippen LogP contribution >= 0.6 is 7.26 Å². The van der Waals surface area contributed by atoms with Crippen molar-refractivity contribution in [1.82, 2.24) is 0 Å². The summed E-state index contributed by atoms with van der Waals surface area (Å²) in [4.78, 5) is 11.0. The Labute approximate surface area is 199 Å². The van der Waals surface area contributed by atoms with E-state index in [4.69, 9.17) is 0 Å². The first-order valence-corrected chi connectivity index (χ1v) is 11.6. The number of nitrogens with zero attached hydrogens (tertiary/aromatic N) is 1. The van der Waals surface area contributed by atoms with Crippen molar-refractivity contribution in [3.63, 3.8) is 0 Å². The fraction of sp³-hybridized carbons (Fsp3) is 0.0769. The lowest BCUT2D eigenvalue weighted by Gasteiger charge is -2.28. The van der Waals surface area contributed by atoms with Crippen LogP contribution in [-0.2, 0) is 6.16 Å². The van der Waals surface area contributed by atoms with Gasteiger partial charge in [0.2, 0.25) is 0 Å². The summed E-state index contributed by atoms with van der Waals surface area (Å²) in [7, 11) is -2.23. The summed E-state index contributed by atoms with van der Waals surface area (Å²) in [5.41, 5.74) is 0.559. The summed E-state index contributed by atoms with van der Waals surface area (Å²) in [6, 6.07) is 35.0. The number of benzene rings is 4. The van der Waals surface area contributed by atoms with Crippen LogP contribution in [0.4, 0.5) is 5.69 Å². The van der Waals surface area contributed by atoms with Crippen molar-refractivity contribution >= 4 is 28.9 Å². The fourth-order valence-corrected chi connectivity index (χ4v) is 8.09. The van der Waals surface area contributed by atoms with Gasteiger partial charge >= 0.3 is 0 Å². The summed E-state index contributed by atoms with van der Waals surface area (Å²) >= 11 is 0. The van der Waals surface area contributed by atoms with E-state index in [-0.39, 0.29) is 35.8 Å². The maximum atomic E-state index is 11.4. The first-order valence-electron chi connectivity index (χ1n) is 9.62. The molecule has 6 heteroatoms. The van der Waals surface area contributed by atoms with E-state index >= 15 is 0 Å². The van der Waals surface area contributed by atoms with Crippen molar-refractivity contribution in [1.29, 1.82) is 0 Å². The highest BCUT2D eigenvalue weighted by molar-refractivity contribution is 7.95. The number of nitro groups is 1. The number of hydrogen-bond donors (Lipinski definition) is 1. The highest BCUT2D eigenvalue weighted by atomic mass is 79.9. The molecule has 0 aromatic heterocycles. The van der Waals surface area contributed by atoms with Gasteiger partial charge in [0.15, 0.2) is 0 Å². The average molecular weight is 510 g/mol. The smallest absolute Gasteiger partial charge is 0.270 e. The molecule has 4 rings (SSSR count). The normalized spacial score (nSPS) is 10.5. The predicted molar refractivity (Wildman–Crippen MR) is 130 cm³/mol. The molecule has 4 nitrogen and oxygen atoms in total. The van der Waals surface area contributed by atoms with Gasteiger partial charge < -0.3 is 22.1 Å². The van der Waals surface area contributed by atoms with Crippen LogP contribution in [0.25, 0.3) is 0 Å². The van der Waals surface area contributed by atoms with Gasteiger partial charge in [-0.1, -0.05) is 62.0 Å². The summed E-state index contributed by atoms with van der Waals surface area (Å²) in [5, 5.41) is 25.5. The second-order valence-electron chi connectivity index (χ2n) is 7.04. The Morgan fingerprint density at radius 1 is 0.719 bits per heavy atom. The molecule has 0 saturated heterocycles. The fourth-order valence-electron chi connectivity index (χ4n) is 3.84. The SMILES string of the molecule is C.O=[N+]([O-])c1ccc(O)c(C[P+](c2ccccc2)(c2ccccc2)c2ccccc2)c1.[Br-]. The van der Waals surface area contributed by atoms with E-state index in [1.807, 2.05) is 54.6 Å². The molecular formula is C26H25BrNO3P. The molecule has 0 heterocycles. The van der Waals surface area contributed by atoms with E-state index in [9.17, 15) is 15.2 Å². The average Bonchev–Trinajstić information content (AvgIpc) is 2.80. The van der Waals surface area contributed by atoms with Gasteiger partial charge in [0, 0.05) is 17.7 Å². The maximum absolute atomic E-state index is 11.4. The molecule has 0 saturated carbocycles. The Balaban J connectivity index is 0.00000181. The van der Waals surface area contributed by atoms with Crippen LogP contribution in [0.1, 0.15) is 13.0 Å². The van der Waals surface area contributed by atoms with Gasteiger partial charge in [-0.15, -0.1) is 0 Å². The first kappa shape index (κ1) is 25.3.